The fourth-order valence-corrected chi connectivity index (χ4v) is 1.04. The normalized spacial score (nSPS) is 11.9. The SMILES string of the molecule is CC(C)CCOc1cc(N)nc(C(F)(F)F)n1. The van der Waals surface area contributed by atoms with Gasteiger partial charge in [-0.05, 0) is 12.3 Å². The molecule has 17 heavy (non-hydrogen) atoms. The third-order valence-corrected chi connectivity index (χ3v) is 1.92. The number of anilines is 1. The predicted molar refractivity (Wildman–Crippen MR) is 56.4 cm³/mol. The minimum absolute atomic E-state index is 0.148. The lowest BCUT2D eigenvalue weighted by atomic mass is 10.1. The second-order valence-electron chi connectivity index (χ2n) is 3.98. The Morgan fingerprint density at radius 1 is 1.35 bits per heavy atom. The molecule has 1 aromatic rings. The van der Waals surface area contributed by atoms with Crippen molar-refractivity contribution in [3.05, 3.63) is 11.9 Å². The van der Waals surface area contributed by atoms with E-state index in [0.717, 1.165) is 6.42 Å². The summed E-state index contributed by atoms with van der Waals surface area (Å²) in [6, 6.07) is 1.18. The van der Waals surface area contributed by atoms with Crippen LogP contribution >= 0.6 is 0 Å². The summed E-state index contributed by atoms with van der Waals surface area (Å²) in [5, 5.41) is 0. The highest BCUT2D eigenvalue weighted by Crippen LogP contribution is 2.28. The maximum atomic E-state index is 12.4. The summed E-state index contributed by atoms with van der Waals surface area (Å²) < 4.78 is 42.2. The number of nitrogens with zero attached hydrogens (tertiary/aromatic N) is 2. The van der Waals surface area contributed by atoms with Crippen molar-refractivity contribution in [2.45, 2.75) is 26.4 Å². The molecule has 7 heteroatoms. The van der Waals surface area contributed by atoms with Crippen LogP contribution in [0.2, 0.25) is 0 Å². The number of hydrogen-bond donors (Lipinski definition) is 1. The zero-order valence-electron chi connectivity index (χ0n) is 9.58. The number of alkyl halides is 3. The Balaban J connectivity index is 2.76. The van der Waals surface area contributed by atoms with Gasteiger partial charge in [0.25, 0.3) is 0 Å². The molecule has 0 radical (unpaired) electrons. The van der Waals surface area contributed by atoms with Crippen molar-refractivity contribution in [2.75, 3.05) is 12.3 Å². The summed E-state index contributed by atoms with van der Waals surface area (Å²) in [5.41, 5.74) is 5.26. The number of aromatic nitrogens is 2. The van der Waals surface area contributed by atoms with Crippen LogP contribution in [0.3, 0.4) is 0 Å². The average molecular weight is 249 g/mol. The van der Waals surface area contributed by atoms with Crippen LogP contribution in [0.25, 0.3) is 0 Å². The number of hydrogen-bond acceptors (Lipinski definition) is 4. The topological polar surface area (TPSA) is 61.0 Å². The standard InChI is InChI=1S/C10H14F3N3O/c1-6(2)3-4-17-8-5-7(14)15-9(16-8)10(11,12)13/h5-6H,3-4H2,1-2H3,(H2,14,15,16). The first kappa shape index (κ1) is 13.5. The van der Waals surface area contributed by atoms with Crippen molar-refractivity contribution >= 4 is 5.82 Å². The fourth-order valence-electron chi connectivity index (χ4n) is 1.04. The number of nitrogens with two attached hydrogens (primary N) is 1. The second kappa shape index (κ2) is 5.20. The highest BCUT2D eigenvalue weighted by molar-refractivity contribution is 5.33. The summed E-state index contributed by atoms with van der Waals surface area (Å²) in [6.07, 6.45) is -3.89. The van der Waals surface area contributed by atoms with E-state index in [1.165, 1.54) is 6.07 Å². The summed E-state index contributed by atoms with van der Waals surface area (Å²) in [7, 11) is 0. The summed E-state index contributed by atoms with van der Waals surface area (Å²) in [4.78, 5) is 6.37. The Kier molecular flexibility index (Phi) is 4.14. The van der Waals surface area contributed by atoms with Gasteiger partial charge in [0.05, 0.1) is 6.61 Å². The maximum Gasteiger partial charge on any atom is 0.451 e. The van der Waals surface area contributed by atoms with Gasteiger partial charge in [-0.1, -0.05) is 13.8 Å². The molecule has 96 valence electrons. The van der Waals surface area contributed by atoms with E-state index in [4.69, 9.17) is 10.5 Å². The van der Waals surface area contributed by atoms with E-state index in [9.17, 15) is 13.2 Å². The molecule has 1 aromatic heterocycles. The number of halogens is 3. The van der Waals surface area contributed by atoms with Crippen LogP contribution in [0.15, 0.2) is 6.07 Å². The zero-order valence-corrected chi connectivity index (χ0v) is 9.58. The molecule has 0 fully saturated rings. The highest BCUT2D eigenvalue weighted by Gasteiger charge is 2.35. The predicted octanol–water partition coefficient (Wildman–Crippen LogP) is 2.50. The molecule has 0 bridgehead atoms. The smallest absolute Gasteiger partial charge is 0.451 e. The molecule has 0 saturated heterocycles. The Labute approximate surface area is 97.0 Å². The lowest BCUT2D eigenvalue weighted by Gasteiger charge is -2.10. The van der Waals surface area contributed by atoms with Crippen molar-refractivity contribution < 1.29 is 17.9 Å². The molecule has 4 nitrogen and oxygen atoms in total. The van der Waals surface area contributed by atoms with E-state index >= 15 is 0 Å². The van der Waals surface area contributed by atoms with Crippen LogP contribution in [-0.4, -0.2) is 16.6 Å². The Bertz CT molecular complexity index is 380. The summed E-state index contributed by atoms with van der Waals surface area (Å²) in [6.45, 7) is 4.27. The molecule has 0 unspecified atom stereocenters. The van der Waals surface area contributed by atoms with Crippen molar-refractivity contribution in [1.82, 2.24) is 9.97 Å². The molecule has 0 aromatic carbocycles. The minimum Gasteiger partial charge on any atom is -0.478 e. The van der Waals surface area contributed by atoms with Gasteiger partial charge in [0, 0.05) is 6.07 Å². The molecule has 1 rings (SSSR count). The van der Waals surface area contributed by atoms with Gasteiger partial charge in [0.15, 0.2) is 0 Å². The molecule has 0 saturated carbocycles. The molecule has 0 aliphatic carbocycles. The van der Waals surface area contributed by atoms with Gasteiger partial charge in [-0.3, -0.25) is 0 Å². The monoisotopic (exact) mass is 249 g/mol. The lowest BCUT2D eigenvalue weighted by Crippen LogP contribution is -2.14. The quantitative estimate of drug-likeness (QED) is 0.890. The van der Waals surface area contributed by atoms with E-state index in [2.05, 4.69) is 9.97 Å². The molecule has 0 aliphatic heterocycles. The van der Waals surface area contributed by atoms with E-state index in [1.807, 2.05) is 13.8 Å². The van der Waals surface area contributed by atoms with Crippen LogP contribution in [0.1, 0.15) is 26.1 Å². The van der Waals surface area contributed by atoms with Crippen LogP contribution in [0.5, 0.6) is 5.88 Å². The van der Waals surface area contributed by atoms with Gasteiger partial charge in [-0.2, -0.15) is 18.2 Å². The van der Waals surface area contributed by atoms with Crippen LogP contribution in [-0.2, 0) is 6.18 Å². The Morgan fingerprint density at radius 3 is 2.53 bits per heavy atom. The first-order valence-electron chi connectivity index (χ1n) is 5.13. The number of rotatable bonds is 4. The molecule has 0 atom stereocenters. The van der Waals surface area contributed by atoms with Gasteiger partial charge in [0.1, 0.15) is 5.82 Å². The van der Waals surface area contributed by atoms with E-state index in [1.54, 1.807) is 0 Å². The van der Waals surface area contributed by atoms with Gasteiger partial charge in [-0.25, -0.2) is 4.98 Å². The van der Waals surface area contributed by atoms with Crippen LogP contribution in [0.4, 0.5) is 19.0 Å². The molecule has 0 spiro atoms. The summed E-state index contributed by atoms with van der Waals surface area (Å²) >= 11 is 0. The maximum absolute atomic E-state index is 12.4. The van der Waals surface area contributed by atoms with Crippen molar-refractivity contribution in [3.8, 4) is 5.88 Å². The lowest BCUT2D eigenvalue weighted by molar-refractivity contribution is -0.145. The van der Waals surface area contributed by atoms with Gasteiger partial charge in [0.2, 0.25) is 11.7 Å². The van der Waals surface area contributed by atoms with Crippen LogP contribution in [0, 0.1) is 5.92 Å². The largest absolute Gasteiger partial charge is 0.478 e. The van der Waals surface area contributed by atoms with E-state index in [-0.39, 0.29) is 11.7 Å². The highest BCUT2D eigenvalue weighted by atomic mass is 19.4. The first-order chi connectivity index (χ1) is 7.79. The fraction of sp³-hybridized carbons (Fsp3) is 0.600. The van der Waals surface area contributed by atoms with Crippen LogP contribution < -0.4 is 10.5 Å². The Hall–Kier alpha value is -1.53. The molecule has 1 heterocycles. The summed E-state index contributed by atoms with van der Waals surface area (Å²) in [5.74, 6) is -1.29. The van der Waals surface area contributed by atoms with Gasteiger partial charge >= 0.3 is 6.18 Å². The molecular weight excluding hydrogens is 235 g/mol. The molecule has 0 aliphatic rings. The van der Waals surface area contributed by atoms with Crippen molar-refractivity contribution in [2.24, 2.45) is 5.92 Å². The minimum atomic E-state index is -4.62. The van der Waals surface area contributed by atoms with E-state index in [0.29, 0.717) is 12.5 Å². The molecule has 2 N–H and O–H groups in total. The van der Waals surface area contributed by atoms with Crippen molar-refractivity contribution in [3.63, 3.8) is 0 Å². The van der Waals surface area contributed by atoms with Gasteiger partial charge in [-0.15, -0.1) is 0 Å². The van der Waals surface area contributed by atoms with Gasteiger partial charge < -0.3 is 10.5 Å². The second-order valence-corrected chi connectivity index (χ2v) is 3.98. The van der Waals surface area contributed by atoms with Crippen molar-refractivity contribution in [1.29, 1.82) is 0 Å². The Morgan fingerprint density at radius 2 is 2.00 bits per heavy atom. The third kappa shape index (κ3) is 4.46. The number of nitrogen functional groups attached to an aromatic ring is 1. The zero-order chi connectivity index (χ0) is 13.1. The molecule has 0 amide bonds. The number of ether oxygens (including phenoxy) is 1. The third-order valence-electron chi connectivity index (χ3n) is 1.92. The van der Waals surface area contributed by atoms with E-state index < -0.39 is 12.0 Å². The average Bonchev–Trinajstić information content (AvgIpc) is 2.14. The first-order valence-corrected chi connectivity index (χ1v) is 5.13. The molecular formula is C10H14F3N3O.